The minimum atomic E-state index is -1.09. The average molecular weight is 330 g/mol. The minimum absolute atomic E-state index is 0.103. The Morgan fingerprint density at radius 2 is 2.22 bits per heavy atom. The molecule has 0 aliphatic carbocycles. The number of carbonyl (C=O) groups is 1. The van der Waals surface area contributed by atoms with E-state index in [-0.39, 0.29) is 11.8 Å². The van der Waals surface area contributed by atoms with E-state index in [0.29, 0.717) is 10.6 Å². The molecule has 1 aromatic carbocycles. The number of aromatic nitrogens is 2. The minimum Gasteiger partial charge on any atom is -0.478 e. The molecule has 0 spiro atoms. The average Bonchev–Trinajstić information content (AvgIpc) is 2.75. The lowest BCUT2D eigenvalue weighted by atomic mass is 10.2. The molecule has 0 unspecified atom stereocenters. The van der Waals surface area contributed by atoms with Crippen LogP contribution in [-0.2, 0) is 4.79 Å². The van der Waals surface area contributed by atoms with Crippen LogP contribution in [-0.4, -0.2) is 21.3 Å². The molecule has 0 aliphatic rings. The first-order valence-electron chi connectivity index (χ1n) is 4.76. The van der Waals surface area contributed by atoms with Crippen LogP contribution in [0.15, 0.2) is 33.2 Å². The Labute approximate surface area is 115 Å². The summed E-state index contributed by atoms with van der Waals surface area (Å²) in [5, 5.41) is 16.4. The zero-order valence-corrected chi connectivity index (χ0v) is 11.1. The van der Waals surface area contributed by atoms with Crippen LogP contribution in [0.5, 0.6) is 0 Å². The smallest absolute Gasteiger partial charge is 0.328 e. The van der Waals surface area contributed by atoms with Gasteiger partial charge in [-0.25, -0.2) is 4.79 Å². The molecule has 5 nitrogen and oxygen atoms in total. The topological polar surface area (TPSA) is 76.2 Å². The second kappa shape index (κ2) is 5.32. The summed E-state index contributed by atoms with van der Waals surface area (Å²) in [6.45, 7) is 0. The number of nitrogens with zero attached hydrogens (tertiary/aromatic N) is 2. The molecule has 0 bridgehead atoms. The second-order valence-corrected chi connectivity index (χ2v) is 4.56. The molecule has 1 N–H and O–H groups in total. The predicted molar refractivity (Wildman–Crippen MR) is 69.1 cm³/mol. The highest BCUT2D eigenvalue weighted by Gasteiger charge is 2.11. The molecule has 0 aliphatic heterocycles. The molecule has 7 heteroatoms. The fourth-order valence-electron chi connectivity index (χ4n) is 1.22. The summed E-state index contributed by atoms with van der Waals surface area (Å²) >= 11 is 9.32. The zero-order valence-electron chi connectivity index (χ0n) is 8.80. The quantitative estimate of drug-likeness (QED) is 0.875. The third kappa shape index (κ3) is 2.96. The summed E-state index contributed by atoms with van der Waals surface area (Å²) in [7, 11) is 0. The lowest BCUT2D eigenvalue weighted by Gasteiger charge is -1.98. The van der Waals surface area contributed by atoms with E-state index in [4.69, 9.17) is 21.1 Å². The monoisotopic (exact) mass is 328 g/mol. The molecule has 0 amide bonds. The van der Waals surface area contributed by atoms with E-state index in [1.165, 1.54) is 6.08 Å². The summed E-state index contributed by atoms with van der Waals surface area (Å²) in [5.41, 5.74) is 0.586. The summed E-state index contributed by atoms with van der Waals surface area (Å²) < 4.78 is 6.10. The highest BCUT2D eigenvalue weighted by Crippen LogP contribution is 2.29. The maximum Gasteiger partial charge on any atom is 0.328 e. The normalized spacial score (nSPS) is 11.0. The number of rotatable bonds is 3. The van der Waals surface area contributed by atoms with Crippen molar-refractivity contribution in [2.75, 3.05) is 0 Å². The summed E-state index contributed by atoms with van der Waals surface area (Å²) in [6, 6.07) is 5.22. The van der Waals surface area contributed by atoms with Crippen molar-refractivity contribution in [2.24, 2.45) is 0 Å². The molecular formula is C11H6BrClN2O3. The van der Waals surface area contributed by atoms with Crippen LogP contribution in [0, 0.1) is 0 Å². The Morgan fingerprint density at radius 1 is 1.44 bits per heavy atom. The van der Waals surface area contributed by atoms with Gasteiger partial charge in [0.05, 0.1) is 10.6 Å². The first kappa shape index (κ1) is 12.8. The van der Waals surface area contributed by atoms with E-state index in [1.54, 1.807) is 18.2 Å². The van der Waals surface area contributed by atoms with Crippen molar-refractivity contribution in [3.63, 3.8) is 0 Å². The fourth-order valence-corrected chi connectivity index (χ4v) is 1.97. The van der Waals surface area contributed by atoms with Crippen molar-refractivity contribution in [3.8, 4) is 11.5 Å². The van der Waals surface area contributed by atoms with Gasteiger partial charge >= 0.3 is 5.97 Å². The molecule has 0 saturated carbocycles. The number of benzene rings is 1. The molecule has 2 aromatic rings. The van der Waals surface area contributed by atoms with E-state index in [2.05, 4.69) is 26.1 Å². The zero-order chi connectivity index (χ0) is 13.1. The van der Waals surface area contributed by atoms with Crippen LogP contribution in [0.2, 0.25) is 5.02 Å². The molecule has 0 radical (unpaired) electrons. The predicted octanol–water partition coefficient (Wildman–Crippen LogP) is 3.25. The first-order chi connectivity index (χ1) is 8.56. The van der Waals surface area contributed by atoms with Gasteiger partial charge in [0.1, 0.15) is 0 Å². The van der Waals surface area contributed by atoms with Gasteiger partial charge in [-0.1, -0.05) is 27.5 Å². The van der Waals surface area contributed by atoms with Gasteiger partial charge in [0.15, 0.2) is 0 Å². The van der Waals surface area contributed by atoms with Crippen LogP contribution in [0.3, 0.4) is 0 Å². The molecule has 18 heavy (non-hydrogen) atoms. The van der Waals surface area contributed by atoms with Crippen molar-refractivity contribution < 1.29 is 14.3 Å². The Balaban J connectivity index is 2.32. The first-order valence-corrected chi connectivity index (χ1v) is 5.93. The number of hydrogen-bond donors (Lipinski definition) is 1. The van der Waals surface area contributed by atoms with E-state index >= 15 is 0 Å². The molecule has 0 saturated heterocycles. The molecule has 92 valence electrons. The van der Waals surface area contributed by atoms with Gasteiger partial charge in [-0.3, -0.25) is 0 Å². The van der Waals surface area contributed by atoms with Crippen molar-refractivity contribution in [2.45, 2.75) is 0 Å². The SMILES string of the molecule is O=C(O)/C=C/c1nnc(-c2ccc(Br)cc2Cl)o1. The van der Waals surface area contributed by atoms with Crippen LogP contribution in [0.4, 0.5) is 0 Å². The van der Waals surface area contributed by atoms with Gasteiger partial charge in [0.25, 0.3) is 0 Å². The lowest BCUT2D eigenvalue weighted by molar-refractivity contribution is -0.131. The summed E-state index contributed by atoms with van der Waals surface area (Å²) in [4.78, 5) is 10.3. The van der Waals surface area contributed by atoms with Gasteiger partial charge in [0, 0.05) is 16.6 Å². The summed E-state index contributed by atoms with van der Waals surface area (Å²) in [6.07, 6.45) is 2.13. The maximum atomic E-state index is 10.3. The number of hydrogen-bond acceptors (Lipinski definition) is 4. The van der Waals surface area contributed by atoms with E-state index in [9.17, 15) is 4.79 Å². The van der Waals surface area contributed by atoms with Crippen LogP contribution in [0.1, 0.15) is 5.89 Å². The molecule has 2 rings (SSSR count). The second-order valence-electron chi connectivity index (χ2n) is 3.24. The molecule has 1 aromatic heterocycles. The number of carboxylic acid groups (broad SMARTS) is 1. The molecule has 0 atom stereocenters. The largest absolute Gasteiger partial charge is 0.478 e. The van der Waals surface area contributed by atoms with Crippen molar-refractivity contribution >= 4 is 39.6 Å². The third-order valence-electron chi connectivity index (χ3n) is 1.97. The Morgan fingerprint density at radius 3 is 2.89 bits per heavy atom. The highest BCUT2D eigenvalue weighted by atomic mass is 79.9. The standard InChI is InChI=1S/C11H6BrClN2O3/c12-6-1-2-7(8(13)5-6)11-15-14-9(18-11)3-4-10(16)17/h1-5H,(H,16,17)/b4-3+. The van der Waals surface area contributed by atoms with Gasteiger partial charge in [-0.05, 0) is 18.2 Å². The number of halogens is 2. The van der Waals surface area contributed by atoms with E-state index in [0.717, 1.165) is 10.5 Å². The van der Waals surface area contributed by atoms with Gasteiger partial charge in [0.2, 0.25) is 11.8 Å². The number of aliphatic carboxylic acids is 1. The Hall–Kier alpha value is -1.66. The van der Waals surface area contributed by atoms with Gasteiger partial charge in [-0.2, -0.15) is 0 Å². The highest BCUT2D eigenvalue weighted by molar-refractivity contribution is 9.10. The fraction of sp³-hybridized carbons (Fsp3) is 0. The van der Waals surface area contributed by atoms with E-state index < -0.39 is 5.97 Å². The van der Waals surface area contributed by atoms with Crippen LogP contribution >= 0.6 is 27.5 Å². The van der Waals surface area contributed by atoms with Crippen molar-refractivity contribution in [1.82, 2.24) is 10.2 Å². The van der Waals surface area contributed by atoms with Crippen molar-refractivity contribution in [1.29, 1.82) is 0 Å². The van der Waals surface area contributed by atoms with E-state index in [1.807, 2.05) is 0 Å². The van der Waals surface area contributed by atoms with Gasteiger partial charge in [-0.15, -0.1) is 10.2 Å². The Kier molecular flexibility index (Phi) is 3.78. The molecular weight excluding hydrogens is 323 g/mol. The summed E-state index contributed by atoms with van der Waals surface area (Å²) in [5.74, 6) is -0.750. The van der Waals surface area contributed by atoms with Gasteiger partial charge < -0.3 is 9.52 Å². The Bertz CT molecular complexity index is 625. The molecule has 0 fully saturated rings. The van der Waals surface area contributed by atoms with Crippen LogP contribution < -0.4 is 0 Å². The maximum absolute atomic E-state index is 10.3. The number of carboxylic acids is 1. The van der Waals surface area contributed by atoms with Crippen molar-refractivity contribution in [3.05, 3.63) is 39.7 Å². The third-order valence-corrected chi connectivity index (χ3v) is 2.78. The molecule has 1 heterocycles. The lowest BCUT2D eigenvalue weighted by Crippen LogP contribution is -1.85. The van der Waals surface area contributed by atoms with Crippen LogP contribution in [0.25, 0.3) is 17.5 Å².